The first-order valence-electron chi connectivity index (χ1n) is 14.9. The summed E-state index contributed by atoms with van der Waals surface area (Å²) in [5.74, 6) is -11.0. The molecule has 0 saturated heterocycles. The first-order chi connectivity index (χ1) is 19.9. The number of Topliss-reactive ketones (excluding diaryl/α,β-unsaturated/α-hetero) is 5. The zero-order chi connectivity index (χ0) is 32.1. The fourth-order valence-corrected chi connectivity index (χ4v) is 8.72. The summed E-state index contributed by atoms with van der Waals surface area (Å²) in [4.78, 5) is 69.1. The predicted octanol–water partition coefficient (Wildman–Crippen LogP) is 4.42. The summed E-state index contributed by atoms with van der Waals surface area (Å²) in [6.45, 7) is 13.2. The second kappa shape index (κ2) is 9.76. The SMILES string of the molecule is CC(=O)C1C(=O)C(C(C)C)[C@@]2(C)[C@H](O)[C@]3(C)C(C(=O)c4c(O)ccc(-c5ccc(C(C)C)cc5)c4[C@H]3C)C(=O)[C@@]2(O)C1=O. The van der Waals surface area contributed by atoms with Crippen molar-refractivity contribution in [3.63, 3.8) is 0 Å². The minimum Gasteiger partial charge on any atom is -0.507 e. The number of phenols is 1. The average Bonchev–Trinajstić information content (AvgIpc) is 2.93. The Morgan fingerprint density at radius 2 is 1.49 bits per heavy atom. The highest BCUT2D eigenvalue weighted by Crippen LogP contribution is 2.67. The molecule has 43 heavy (non-hydrogen) atoms. The van der Waals surface area contributed by atoms with Gasteiger partial charge in [-0.2, -0.15) is 0 Å². The summed E-state index contributed by atoms with van der Waals surface area (Å²) < 4.78 is 0. The van der Waals surface area contributed by atoms with Gasteiger partial charge in [-0.1, -0.05) is 78.8 Å². The van der Waals surface area contributed by atoms with E-state index >= 15 is 0 Å². The molecule has 0 aromatic heterocycles. The van der Waals surface area contributed by atoms with Gasteiger partial charge in [0.05, 0.1) is 17.6 Å². The van der Waals surface area contributed by atoms with Gasteiger partial charge in [0.25, 0.3) is 0 Å². The van der Waals surface area contributed by atoms with Crippen molar-refractivity contribution in [1.82, 2.24) is 0 Å². The van der Waals surface area contributed by atoms with Crippen LogP contribution in [-0.2, 0) is 19.2 Å². The van der Waals surface area contributed by atoms with Gasteiger partial charge in [-0.3, -0.25) is 24.0 Å². The molecule has 3 aliphatic rings. The molecule has 0 amide bonds. The smallest absolute Gasteiger partial charge is 0.191 e. The molecule has 3 aliphatic carbocycles. The van der Waals surface area contributed by atoms with E-state index in [9.17, 15) is 39.3 Å². The zero-order valence-corrected chi connectivity index (χ0v) is 25.9. The van der Waals surface area contributed by atoms with Crippen molar-refractivity contribution < 1.29 is 39.3 Å². The standard InChI is InChI=1S/C35H40O8/c1-15(2)19-9-11-20(12-10-19)21-13-14-22(37)25-23(21)17(5)33(7)27(29(25)39)31(41)35(43)30(40)24(18(6)36)28(38)26(16(3)4)34(35,8)32(33)42/h9-17,24,26-27,32,37,42-43H,1-8H3/t17-,24?,26?,27?,32-,33+,34+,35+/m1/s1. The Morgan fingerprint density at radius 1 is 0.907 bits per heavy atom. The van der Waals surface area contributed by atoms with Crippen molar-refractivity contribution in [2.75, 3.05) is 0 Å². The van der Waals surface area contributed by atoms with Crippen LogP contribution in [0.15, 0.2) is 36.4 Å². The molecule has 0 radical (unpaired) electrons. The maximum atomic E-state index is 14.6. The van der Waals surface area contributed by atoms with Gasteiger partial charge in [-0.25, -0.2) is 0 Å². The molecule has 2 fully saturated rings. The van der Waals surface area contributed by atoms with Crippen molar-refractivity contribution in [2.24, 2.45) is 34.5 Å². The zero-order valence-electron chi connectivity index (χ0n) is 25.9. The second-order valence-corrected chi connectivity index (χ2v) is 13.9. The third-order valence-corrected chi connectivity index (χ3v) is 11.1. The van der Waals surface area contributed by atoms with Crippen LogP contribution < -0.4 is 0 Å². The normalized spacial score (nSPS) is 35.6. The minimum absolute atomic E-state index is 0.101. The largest absolute Gasteiger partial charge is 0.507 e. The van der Waals surface area contributed by atoms with Gasteiger partial charge in [0.1, 0.15) is 17.5 Å². The lowest BCUT2D eigenvalue weighted by molar-refractivity contribution is -0.240. The summed E-state index contributed by atoms with van der Waals surface area (Å²) in [6.07, 6.45) is -1.70. The lowest BCUT2D eigenvalue weighted by Crippen LogP contribution is -2.82. The van der Waals surface area contributed by atoms with E-state index in [0.29, 0.717) is 17.0 Å². The van der Waals surface area contributed by atoms with Crippen molar-refractivity contribution >= 4 is 28.9 Å². The Balaban J connectivity index is 1.80. The van der Waals surface area contributed by atoms with Gasteiger partial charge in [0.2, 0.25) is 0 Å². The van der Waals surface area contributed by atoms with Gasteiger partial charge in [0.15, 0.2) is 28.7 Å². The molecular weight excluding hydrogens is 548 g/mol. The molecule has 3 unspecified atom stereocenters. The Kier molecular flexibility index (Phi) is 7.02. The number of phenolic OH excluding ortho intramolecular Hbond substituents is 1. The quantitative estimate of drug-likeness (QED) is 0.445. The first kappa shape index (κ1) is 31.0. The number of rotatable bonds is 4. The molecule has 0 bridgehead atoms. The van der Waals surface area contributed by atoms with Crippen LogP contribution in [0.4, 0.5) is 0 Å². The molecule has 3 N–H and O–H groups in total. The summed E-state index contributed by atoms with van der Waals surface area (Å²) in [6, 6.07) is 10.9. The molecule has 8 heteroatoms. The molecule has 2 saturated carbocycles. The lowest BCUT2D eigenvalue weighted by Gasteiger charge is -2.65. The monoisotopic (exact) mass is 588 g/mol. The molecule has 0 spiro atoms. The molecule has 8 nitrogen and oxygen atoms in total. The molecule has 228 valence electrons. The van der Waals surface area contributed by atoms with Crippen LogP contribution in [0.1, 0.15) is 88.7 Å². The maximum Gasteiger partial charge on any atom is 0.191 e. The number of carbonyl (C=O) groups is 5. The number of hydrogen-bond donors (Lipinski definition) is 3. The summed E-state index contributed by atoms with van der Waals surface area (Å²) in [7, 11) is 0. The Morgan fingerprint density at radius 3 is 2.00 bits per heavy atom. The Bertz CT molecular complexity index is 1590. The van der Waals surface area contributed by atoms with E-state index in [1.165, 1.54) is 13.0 Å². The van der Waals surface area contributed by atoms with E-state index in [-0.39, 0.29) is 11.3 Å². The van der Waals surface area contributed by atoms with Crippen LogP contribution in [0.25, 0.3) is 11.1 Å². The average molecular weight is 589 g/mol. The van der Waals surface area contributed by atoms with Crippen molar-refractivity contribution in [2.45, 2.75) is 78.9 Å². The fourth-order valence-electron chi connectivity index (χ4n) is 8.72. The summed E-state index contributed by atoms with van der Waals surface area (Å²) in [5, 5.41) is 35.6. The van der Waals surface area contributed by atoms with Gasteiger partial charge < -0.3 is 15.3 Å². The lowest BCUT2D eigenvalue weighted by atomic mass is 9.37. The van der Waals surface area contributed by atoms with E-state index in [1.807, 2.05) is 24.3 Å². The Labute approximate surface area is 251 Å². The van der Waals surface area contributed by atoms with Crippen molar-refractivity contribution in [3.05, 3.63) is 53.1 Å². The van der Waals surface area contributed by atoms with E-state index in [4.69, 9.17) is 0 Å². The molecule has 8 atom stereocenters. The third-order valence-electron chi connectivity index (χ3n) is 11.1. The minimum atomic E-state index is -2.98. The number of aliphatic hydroxyl groups is 2. The van der Waals surface area contributed by atoms with Crippen molar-refractivity contribution in [3.8, 4) is 16.9 Å². The van der Waals surface area contributed by atoms with Gasteiger partial charge >= 0.3 is 0 Å². The number of aromatic hydroxyl groups is 1. The third kappa shape index (κ3) is 3.65. The molecule has 0 aliphatic heterocycles. The summed E-state index contributed by atoms with van der Waals surface area (Å²) >= 11 is 0. The number of carbonyl (C=O) groups excluding carboxylic acids is 5. The Hall–Kier alpha value is -3.49. The topological polar surface area (TPSA) is 146 Å². The first-order valence-corrected chi connectivity index (χ1v) is 14.9. The number of hydrogen-bond acceptors (Lipinski definition) is 8. The fraction of sp³-hybridized carbons (Fsp3) is 0.514. The number of benzene rings is 2. The van der Waals surface area contributed by atoms with Crippen molar-refractivity contribution in [1.29, 1.82) is 0 Å². The maximum absolute atomic E-state index is 14.6. The van der Waals surface area contributed by atoms with E-state index < -0.39 is 81.0 Å². The highest BCUT2D eigenvalue weighted by molar-refractivity contribution is 6.33. The molecular formula is C35H40O8. The van der Waals surface area contributed by atoms with Gasteiger partial charge in [-0.05, 0) is 53.0 Å². The highest BCUT2D eigenvalue weighted by Gasteiger charge is 2.80. The van der Waals surface area contributed by atoms with Crippen LogP contribution in [0.2, 0.25) is 0 Å². The molecule has 2 aromatic rings. The van der Waals surface area contributed by atoms with E-state index in [1.54, 1.807) is 33.8 Å². The van der Waals surface area contributed by atoms with Gasteiger partial charge in [-0.15, -0.1) is 0 Å². The van der Waals surface area contributed by atoms with Gasteiger partial charge in [0, 0.05) is 16.7 Å². The summed E-state index contributed by atoms with van der Waals surface area (Å²) in [5.41, 5.74) is -3.73. The second-order valence-electron chi connectivity index (χ2n) is 13.9. The van der Waals surface area contributed by atoms with Crippen LogP contribution in [0.5, 0.6) is 5.75 Å². The molecule has 2 aromatic carbocycles. The van der Waals surface area contributed by atoms with Crippen LogP contribution in [-0.4, -0.2) is 55.9 Å². The van der Waals surface area contributed by atoms with Crippen LogP contribution in [0.3, 0.4) is 0 Å². The van der Waals surface area contributed by atoms with E-state index in [2.05, 4.69) is 13.8 Å². The molecule has 0 heterocycles. The van der Waals surface area contributed by atoms with Crippen LogP contribution in [0, 0.1) is 34.5 Å². The molecule has 5 rings (SSSR count). The number of ketones is 5. The number of fused-ring (bicyclic) bond motifs is 3. The predicted molar refractivity (Wildman–Crippen MR) is 159 cm³/mol. The number of aliphatic hydroxyl groups excluding tert-OH is 1. The van der Waals surface area contributed by atoms with Crippen LogP contribution >= 0.6 is 0 Å². The van der Waals surface area contributed by atoms with E-state index in [0.717, 1.165) is 18.1 Å². The highest BCUT2D eigenvalue weighted by atomic mass is 16.3.